The fourth-order valence-corrected chi connectivity index (χ4v) is 3.01. The van der Waals surface area contributed by atoms with Gasteiger partial charge in [-0.1, -0.05) is 0 Å². The number of anilines is 1. The van der Waals surface area contributed by atoms with Gasteiger partial charge < -0.3 is 19.8 Å². The number of hydrogen-bond donors (Lipinski definition) is 1. The number of aryl methyl sites for hydroxylation is 1. The molecule has 0 radical (unpaired) electrons. The molecule has 3 aromatic rings. The molecule has 0 bridgehead atoms. The number of aromatic nitrogens is 3. The molecule has 6 nitrogen and oxygen atoms in total. The minimum Gasteiger partial charge on any atom is -0.493 e. The lowest BCUT2D eigenvalue weighted by atomic mass is 10.2. The van der Waals surface area contributed by atoms with Crippen molar-refractivity contribution in [2.75, 3.05) is 20.0 Å². The summed E-state index contributed by atoms with van der Waals surface area (Å²) in [4.78, 5) is 8.85. The van der Waals surface area contributed by atoms with Crippen LogP contribution in [0.3, 0.4) is 0 Å². The first-order valence-corrected chi connectivity index (χ1v) is 7.29. The van der Waals surface area contributed by atoms with E-state index in [9.17, 15) is 0 Å². The predicted molar refractivity (Wildman–Crippen MR) is 83.2 cm³/mol. The maximum absolute atomic E-state index is 6.04. The summed E-state index contributed by atoms with van der Waals surface area (Å²) in [5.74, 6) is 1.74. The van der Waals surface area contributed by atoms with Gasteiger partial charge in [-0.15, -0.1) is 11.3 Å². The molecule has 0 saturated heterocycles. The summed E-state index contributed by atoms with van der Waals surface area (Å²) in [6, 6.07) is 3.71. The number of fused-ring (bicyclic) bond motifs is 1. The number of ether oxygens (including phenoxy) is 2. The van der Waals surface area contributed by atoms with E-state index in [1.165, 1.54) is 0 Å². The van der Waals surface area contributed by atoms with Gasteiger partial charge in [-0.3, -0.25) is 0 Å². The second-order valence-corrected chi connectivity index (χ2v) is 5.58. The molecule has 2 heterocycles. The molecule has 0 spiro atoms. The molecule has 0 atom stereocenters. The van der Waals surface area contributed by atoms with Gasteiger partial charge >= 0.3 is 0 Å². The minimum absolute atomic E-state index is 0.452. The summed E-state index contributed by atoms with van der Waals surface area (Å²) in [5, 5.41) is 3.02. The first kappa shape index (κ1) is 13.7. The number of benzene rings is 1. The number of nitrogen functional groups attached to an aromatic ring is 1. The molecule has 0 aliphatic rings. The lowest BCUT2D eigenvalue weighted by molar-refractivity contribution is 0.355. The number of hydrogen-bond acceptors (Lipinski definition) is 6. The Balaban J connectivity index is 2.11. The van der Waals surface area contributed by atoms with Gasteiger partial charge in [0.25, 0.3) is 0 Å². The molecule has 7 heteroatoms. The number of nitrogens with two attached hydrogens (primary N) is 1. The third kappa shape index (κ3) is 2.40. The first-order chi connectivity index (χ1) is 10.1. The van der Waals surface area contributed by atoms with Crippen molar-refractivity contribution in [3.63, 3.8) is 0 Å². The van der Waals surface area contributed by atoms with Gasteiger partial charge in [0.1, 0.15) is 5.01 Å². The fourth-order valence-electron chi connectivity index (χ4n) is 2.25. The van der Waals surface area contributed by atoms with Crippen molar-refractivity contribution in [3.05, 3.63) is 28.2 Å². The van der Waals surface area contributed by atoms with Crippen LogP contribution in [0, 0.1) is 6.92 Å². The molecule has 110 valence electrons. The molecule has 3 rings (SSSR count). The van der Waals surface area contributed by atoms with E-state index < -0.39 is 0 Å². The molecule has 0 aliphatic carbocycles. The Morgan fingerprint density at radius 1 is 1.19 bits per heavy atom. The molecule has 21 heavy (non-hydrogen) atoms. The van der Waals surface area contributed by atoms with Crippen LogP contribution in [0.2, 0.25) is 0 Å². The molecule has 2 aromatic heterocycles. The number of nitrogens with zero attached hydrogens (tertiary/aromatic N) is 3. The van der Waals surface area contributed by atoms with Crippen LogP contribution < -0.4 is 15.2 Å². The van der Waals surface area contributed by atoms with Crippen LogP contribution in [0.5, 0.6) is 11.5 Å². The van der Waals surface area contributed by atoms with Crippen molar-refractivity contribution in [1.82, 2.24) is 14.5 Å². The quantitative estimate of drug-likeness (QED) is 0.801. The van der Waals surface area contributed by atoms with Crippen LogP contribution in [0.4, 0.5) is 5.95 Å². The standard InChI is InChI=1S/C14H16N4O2S/c1-8-7-21-13(16-8)6-18-10-5-12(20-3)11(19-2)4-9(10)17-14(18)15/h4-5,7H,6H2,1-3H3,(H2,15,17). The summed E-state index contributed by atoms with van der Waals surface area (Å²) in [5.41, 5.74) is 8.73. The lowest BCUT2D eigenvalue weighted by Gasteiger charge is -2.08. The second kappa shape index (κ2) is 5.25. The number of methoxy groups -OCH3 is 2. The van der Waals surface area contributed by atoms with Crippen LogP contribution in [0.1, 0.15) is 10.7 Å². The van der Waals surface area contributed by atoms with Gasteiger partial charge in [0.15, 0.2) is 11.5 Å². The van der Waals surface area contributed by atoms with Gasteiger partial charge in [-0.25, -0.2) is 9.97 Å². The molecule has 0 amide bonds. The number of rotatable bonds is 4. The third-order valence-electron chi connectivity index (χ3n) is 3.24. The zero-order chi connectivity index (χ0) is 15.0. The highest BCUT2D eigenvalue weighted by Gasteiger charge is 2.14. The van der Waals surface area contributed by atoms with Gasteiger partial charge in [-0.2, -0.15) is 0 Å². The lowest BCUT2D eigenvalue weighted by Crippen LogP contribution is -2.04. The predicted octanol–water partition coefficient (Wildman–Crippen LogP) is 2.45. The monoisotopic (exact) mass is 304 g/mol. The summed E-state index contributed by atoms with van der Waals surface area (Å²) in [7, 11) is 3.21. The second-order valence-electron chi connectivity index (χ2n) is 4.63. The van der Waals surface area contributed by atoms with Crippen LogP contribution in [-0.4, -0.2) is 28.8 Å². The van der Waals surface area contributed by atoms with Crippen molar-refractivity contribution in [1.29, 1.82) is 0 Å². The van der Waals surface area contributed by atoms with Crippen LogP contribution in [0.15, 0.2) is 17.5 Å². The van der Waals surface area contributed by atoms with E-state index in [1.54, 1.807) is 25.6 Å². The highest BCUT2D eigenvalue weighted by molar-refractivity contribution is 7.09. The molecule has 0 saturated carbocycles. The molecular weight excluding hydrogens is 288 g/mol. The Labute approximate surface area is 126 Å². The van der Waals surface area contributed by atoms with E-state index in [-0.39, 0.29) is 0 Å². The van der Waals surface area contributed by atoms with Crippen LogP contribution >= 0.6 is 11.3 Å². The zero-order valence-corrected chi connectivity index (χ0v) is 12.9. The average Bonchev–Trinajstić information content (AvgIpc) is 3.02. The average molecular weight is 304 g/mol. The van der Waals surface area contributed by atoms with Gasteiger partial charge in [0.05, 0.1) is 31.8 Å². The summed E-state index contributed by atoms with van der Waals surface area (Å²) < 4.78 is 12.6. The van der Waals surface area contributed by atoms with Gasteiger partial charge in [-0.05, 0) is 6.92 Å². The Kier molecular flexibility index (Phi) is 3.42. The molecular formula is C14H16N4O2S. The number of thiazole rings is 1. The maximum Gasteiger partial charge on any atom is 0.201 e. The Morgan fingerprint density at radius 2 is 1.90 bits per heavy atom. The zero-order valence-electron chi connectivity index (χ0n) is 12.1. The Morgan fingerprint density at radius 3 is 2.52 bits per heavy atom. The first-order valence-electron chi connectivity index (χ1n) is 6.41. The fraction of sp³-hybridized carbons (Fsp3) is 0.286. The molecule has 1 aromatic carbocycles. The van der Waals surface area contributed by atoms with Crippen molar-refractivity contribution in [3.8, 4) is 11.5 Å². The Hall–Kier alpha value is -2.28. The number of imidazole rings is 1. The SMILES string of the molecule is COc1cc2nc(N)n(Cc3nc(C)cs3)c2cc1OC. The molecule has 0 fully saturated rings. The third-order valence-corrected chi connectivity index (χ3v) is 4.19. The highest BCUT2D eigenvalue weighted by atomic mass is 32.1. The van der Waals surface area contributed by atoms with Crippen molar-refractivity contribution in [2.45, 2.75) is 13.5 Å². The topological polar surface area (TPSA) is 75.2 Å². The highest BCUT2D eigenvalue weighted by Crippen LogP contribution is 2.33. The maximum atomic E-state index is 6.04. The van der Waals surface area contributed by atoms with E-state index in [2.05, 4.69) is 9.97 Å². The minimum atomic E-state index is 0.452. The van der Waals surface area contributed by atoms with Crippen molar-refractivity contribution >= 4 is 28.3 Å². The molecule has 2 N–H and O–H groups in total. The smallest absolute Gasteiger partial charge is 0.201 e. The summed E-state index contributed by atoms with van der Waals surface area (Å²) in [6.45, 7) is 2.57. The molecule has 0 unspecified atom stereocenters. The van der Waals surface area contributed by atoms with E-state index in [4.69, 9.17) is 15.2 Å². The summed E-state index contributed by atoms with van der Waals surface area (Å²) in [6.07, 6.45) is 0. The van der Waals surface area contributed by atoms with Crippen LogP contribution in [0.25, 0.3) is 11.0 Å². The summed E-state index contributed by atoms with van der Waals surface area (Å²) >= 11 is 1.61. The Bertz CT molecular complexity index is 794. The van der Waals surface area contributed by atoms with E-state index in [0.29, 0.717) is 24.0 Å². The van der Waals surface area contributed by atoms with Crippen LogP contribution in [-0.2, 0) is 6.54 Å². The van der Waals surface area contributed by atoms with E-state index in [1.807, 2.05) is 29.0 Å². The normalized spacial score (nSPS) is 11.0. The van der Waals surface area contributed by atoms with Gasteiger partial charge in [0.2, 0.25) is 5.95 Å². The van der Waals surface area contributed by atoms with Crippen molar-refractivity contribution < 1.29 is 9.47 Å². The van der Waals surface area contributed by atoms with Crippen molar-refractivity contribution in [2.24, 2.45) is 0 Å². The van der Waals surface area contributed by atoms with Gasteiger partial charge in [0, 0.05) is 23.2 Å². The molecule has 0 aliphatic heterocycles. The largest absolute Gasteiger partial charge is 0.493 e. The van der Waals surface area contributed by atoms with E-state index >= 15 is 0 Å². The van der Waals surface area contributed by atoms with E-state index in [0.717, 1.165) is 21.7 Å².